The molecule has 0 amide bonds. The number of aliphatic hydroxyl groups is 1. The molecule has 1 aliphatic carbocycles. The number of carbonyl (C=O) groups is 2. The minimum absolute atomic E-state index is 0.0494. The van der Waals surface area contributed by atoms with Gasteiger partial charge in [-0.05, 0) is 69.4 Å². The van der Waals surface area contributed by atoms with Gasteiger partial charge < -0.3 is 29.2 Å². The summed E-state index contributed by atoms with van der Waals surface area (Å²) < 4.78 is 23.9. The maximum Gasteiger partial charge on any atom is 0.374 e. The molecule has 2 N–H and O–H groups in total. The van der Waals surface area contributed by atoms with E-state index in [0.29, 0.717) is 55.1 Å². The summed E-state index contributed by atoms with van der Waals surface area (Å²) in [6, 6.07) is 8.49. The maximum atomic E-state index is 13.0. The summed E-state index contributed by atoms with van der Waals surface area (Å²) in [4.78, 5) is 25.9. The molecule has 0 saturated heterocycles. The lowest BCUT2D eigenvalue weighted by molar-refractivity contribution is -0.141. The molecular formula is C32H36O8. The van der Waals surface area contributed by atoms with E-state index in [1.165, 1.54) is 0 Å². The fourth-order valence-electron chi connectivity index (χ4n) is 5.52. The van der Waals surface area contributed by atoms with Crippen molar-refractivity contribution in [3.05, 3.63) is 64.4 Å². The number of hydrogen-bond acceptors (Lipinski definition) is 8. The van der Waals surface area contributed by atoms with Crippen LogP contribution in [-0.4, -0.2) is 46.9 Å². The number of phenols is 1. The molecule has 2 aromatic rings. The number of ketones is 1. The molecule has 0 radical (unpaired) electrons. The van der Waals surface area contributed by atoms with E-state index in [0.717, 1.165) is 28.7 Å². The van der Waals surface area contributed by atoms with E-state index in [1.807, 2.05) is 6.92 Å². The number of fused-ring (bicyclic) bond motifs is 2. The molecule has 2 aromatic carbocycles. The lowest BCUT2D eigenvalue weighted by atomic mass is 9.77. The highest BCUT2D eigenvalue weighted by Gasteiger charge is 2.40. The summed E-state index contributed by atoms with van der Waals surface area (Å²) >= 11 is 0. The molecule has 8 nitrogen and oxygen atoms in total. The van der Waals surface area contributed by atoms with Crippen LogP contribution in [0.3, 0.4) is 0 Å². The van der Waals surface area contributed by atoms with Crippen molar-refractivity contribution in [1.82, 2.24) is 0 Å². The Balaban J connectivity index is 1.67. The highest BCUT2D eigenvalue weighted by Crippen LogP contribution is 2.52. The van der Waals surface area contributed by atoms with Crippen LogP contribution in [0.5, 0.6) is 23.0 Å². The van der Waals surface area contributed by atoms with E-state index < -0.39 is 17.7 Å². The van der Waals surface area contributed by atoms with Crippen molar-refractivity contribution in [1.29, 1.82) is 0 Å². The average molecular weight is 549 g/mol. The zero-order valence-electron chi connectivity index (χ0n) is 23.4. The standard InChI is InChI=1S/C32H36O8/c1-5-13-38-30-23-16-28(32(3,4)36)40-25(23)17-26-29(30)22(15-27(39-26)31(35)37-6-2)19-9-12-24(34)21(14-19)18-7-10-20(33)11-8-18/h7-8,10-11,15,17,21,28,33,36H,5-6,9,12-14,16H2,1-4H3. The fourth-order valence-corrected chi connectivity index (χ4v) is 5.52. The van der Waals surface area contributed by atoms with Crippen molar-refractivity contribution in [3.63, 3.8) is 0 Å². The Kier molecular flexibility index (Phi) is 7.64. The number of allylic oxidation sites excluding steroid dienone is 3. The summed E-state index contributed by atoms with van der Waals surface area (Å²) in [7, 11) is 0. The predicted octanol–water partition coefficient (Wildman–Crippen LogP) is 5.39. The van der Waals surface area contributed by atoms with Gasteiger partial charge in [-0.2, -0.15) is 0 Å². The number of phenolic OH excluding ortho intramolecular Hbond substituents is 1. The SMILES string of the molecule is CCCOc1c2c(cc3c1C(=C1CCC(=O)C(c4ccc(O)cc4)C1)C=C(C(=O)OCC)O3)OC(C(C)(C)O)C2. The first-order valence-electron chi connectivity index (χ1n) is 13.9. The minimum Gasteiger partial charge on any atom is -0.508 e. The topological polar surface area (TPSA) is 112 Å². The second-order valence-electron chi connectivity index (χ2n) is 11.0. The summed E-state index contributed by atoms with van der Waals surface area (Å²) in [5.74, 6) is 0.938. The van der Waals surface area contributed by atoms with Crippen LogP contribution in [0.25, 0.3) is 5.57 Å². The average Bonchev–Trinajstić information content (AvgIpc) is 3.36. The molecule has 2 unspecified atom stereocenters. The van der Waals surface area contributed by atoms with Crippen molar-refractivity contribution < 1.29 is 38.7 Å². The number of carbonyl (C=O) groups excluding carboxylic acids is 2. The smallest absolute Gasteiger partial charge is 0.374 e. The highest BCUT2D eigenvalue weighted by molar-refractivity contribution is 5.98. The first kappa shape index (κ1) is 27.8. The van der Waals surface area contributed by atoms with Crippen molar-refractivity contribution in [2.24, 2.45) is 0 Å². The molecule has 2 aliphatic heterocycles. The van der Waals surface area contributed by atoms with Gasteiger partial charge in [-0.15, -0.1) is 0 Å². The molecule has 5 rings (SSSR count). The zero-order valence-corrected chi connectivity index (χ0v) is 23.4. The van der Waals surface area contributed by atoms with Gasteiger partial charge in [0.1, 0.15) is 34.9 Å². The fraction of sp³-hybridized carbons (Fsp3) is 0.438. The van der Waals surface area contributed by atoms with Crippen LogP contribution >= 0.6 is 0 Å². The monoisotopic (exact) mass is 548 g/mol. The summed E-state index contributed by atoms with van der Waals surface area (Å²) in [6.45, 7) is 7.84. The van der Waals surface area contributed by atoms with E-state index in [2.05, 4.69) is 0 Å². The lowest BCUT2D eigenvalue weighted by Crippen LogP contribution is -2.39. The van der Waals surface area contributed by atoms with Crippen LogP contribution in [0.4, 0.5) is 0 Å². The summed E-state index contributed by atoms with van der Waals surface area (Å²) in [5.41, 5.74) is 3.09. The Hall–Kier alpha value is -3.78. The van der Waals surface area contributed by atoms with Gasteiger partial charge in [0.2, 0.25) is 5.76 Å². The molecule has 3 aliphatic rings. The van der Waals surface area contributed by atoms with E-state index in [1.54, 1.807) is 57.2 Å². The number of esters is 1. The van der Waals surface area contributed by atoms with E-state index in [9.17, 15) is 19.8 Å². The molecular weight excluding hydrogens is 512 g/mol. The van der Waals surface area contributed by atoms with Gasteiger partial charge in [0.15, 0.2) is 0 Å². The van der Waals surface area contributed by atoms with Crippen LogP contribution in [0.2, 0.25) is 0 Å². The first-order valence-corrected chi connectivity index (χ1v) is 13.9. The van der Waals surface area contributed by atoms with Gasteiger partial charge in [0.05, 0.1) is 24.4 Å². The van der Waals surface area contributed by atoms with Gasteiger partial charge >= 0.3 is 5.97 Å². The van der Waals surface area contributed by atoms with E-state index >= 15 is 0 Å². The summed E-state index contributed by atoms with van der Waals surface area (Å²) in [6.07, 6.45) is 3.80. The normalized spacial score (nSPS) is 22.0. The third-order valence-corrected chi connectivity index (χ3v) is 7.63. The van der Waals surface area contributed by atoms with Crippen molar-refractivity contribution in [3.8, 4) is 23.0 Å². The van der Waals surface area contributed by atoms with Gasteiger partial charge in [0, 0.05) is 30.4 Å². The van der Waals surface area contributed by atoms with Gasteiger partial charge in [-0.1, -0.05) is 24.6 Å². The van der Waals surface area contributed by atoms with Crippen LogP contribution in [0.15, 0.2) is 47.7 Å². The molecule has 1 saturated carbocycles. The maximum absolute atomic E-state index is 13.0. The van der Waals surface area contributed by atoms with Crippen LogP contribution in [0, 0.1) is 0 Å². The molecule has 0 bridgehead atoms. The summed E-state index contributed by atoms with van der Waals surface area (Å²) in [5, 5.41) is 20.5. The van der Waals surface area contributed by atoms with Gasteiger partial charge in [-0.25, -0.2) is 4.79 Å². The molecule has 0 spiro atoms. The van der Waals surface area contributed by atoms with E-state index in [4.69, 9.17) is 18.9 Å². The molecule has 2 heterocycles. The van der Waals surface area contributed by atoms with Crippen molar-refractivity contribution in [2.45, 2.75) is 77.4 Å². The second-order valence-corrected chi connectivity index (χ2v) is 11.0. The Morgan fingerprint density at radius 3 is 2.52 bits per heavy atom. The molecule has 0 aromatic heterocycles. The molecule has 1 fully saturated rings. The number of ether oxygens (including phenoxy) is 4. The minimum atomic E-state index is -1.08. The first-order chi connectivity index (χ1) is 19.1. The molecule has 8 heteroatoms. The Labute approximate surface area is 234 Å². The Morgan fingerprint density at radius 1 is 1.10 bits per heavy atom. The molecule has 40 heavy (non-hydrogen) atoms. The number of aromatic hydroxyl groups is 1. The van der Waals surface area contributed by atoms with Crippen LogP contribution in [0.1, 0.15) is 76.0 Å². The van der Waals surface area contributed by atoms with Gasteiger partial charge in [-0.3, -0.25) is 4.79 Å². The van der Waals surface area contributed by atoms with Crippen molar-refractivity contribution >= 4 is 17.3 Å². The largest absolute Gasteiger partial charge is 0.508 e. The molecule has 212 valence electrons. The van der Waals surface area contributed by atoms with Crippen LogP contribution < -0.4 is 14.2 Å². The quantitative estimate of drug-likeness (QED) is 0.444. The zero-order chi connectivity index (χ0) is 28.6. The van der Waals surface area contributed by atoms with E-state index in [-0.39, 0.29) is 29.8 Å². The predicted molar refractivity (Wildman–Crippen MR) is 149 cm³/mol. The van der Waals surface area contributed by atoms with Crippen molar-refractivity contribution in [2.75, 3.05) is 13.2 Å². The van der Waals surface area contributed by atoms with Gasteiger partial charge in [0.25, 0.3) is 0 Å². The Bertz CT molecular complexity index is 1380. The number of benzene rings is 2. The third kappa shape index (κ3) is 5.32. The Morgan fingerprint density at radius 2 is 1.85 bits per heavy atom. The lowest BCUT2D eigenvalue weighted by Gasteiger charge is -2.29. The third-order valence-electron chi connectivity index (χ3n) is 7.63. The number of Topliss-reactive ketones (excluding diaryl/α,β-unsaturated/α-hetero) is 1. The second kappa shape index (κ2) is 11.0. The van der Waals surface area contributed by atoms with Crippen LogP contribution in [-0.2, 0) is 20.7 Å². The highest BCUT2D eigenvalue weighted by atomic mass is 16.6. The number of rotatable bonds is 7. The molecule has 2 atom stereocenters. The number of hydrogen-bond donors (Lipinski definition) is 2.